The summed E-state index contributed by atoms with van der Waals surface area (Å²) < 4.78 is 0.562. The lowest BCUT2D eigenvalue weighted by Crippen LogP contribution is -2.38. The molecule has 24 heavy (non-hydrogen) atoms. The van der Waals surface area contributed by atoms with E-state index >= 15 is 0 Å². The number of aromatic nitrogens is 2. The molecule has 0 saturated heterocycles. The molecule has 0 bridgehead atoms. The zero-order chi connectivity index (χ0) is 17.4. The second kappa shape index (κ2) is 9.83. The van der Waals surface area contributed by atoms with Crippen molar-refractivity contribution in [3.63, 3.8) is 0 Å². The van der Waals surface area contributed by atoms with Crippen LogP contribution in [0.25, 0.3) is 0 Å². The van der Waals surface area contributed by atoms with Crippen LogP contribution < -0.4 is 10.6 Å². The Labute approximate surface area is 150 Å². The zero-order valence-corrected chi connectivity index (χ0v) is 15.4. The minimum Gasteiger partial charge on any atom is -0.480 e. The molecule has 1 heterocycles. The summed E-state index contributed by atoms with van der Waals surface area (Å²) in [5, 5.41) is 22.7. The van der Waals surface area contributed by atoms with Gasteiger partial charge >= 0.3 is 12.0 Å². The van der Waals surface area contributed by atoms with Crippen LogP contribution in [-0.2, 0) is 4.79 Å². The summed E-state index contributed by atoms with van der Waals surface area (Å²) in [7, 11) is 0. The number of thioether (sulfide) groups is 1. The third kappa shape index (κ3) is 6.27. The predicted molar refractivity (Wildman–Crippen MR) is 95.7 cm³/mol. The second-order valence-corrected chi connectivity index (χ2v) is 8.32. The molecular weight excluding hydrogens is 348 g/mol. The largest absolute Gasteiger partial charge is 0.480 e. The average molecular weight is 373 g/mol. The van der Waals surface area contributed by atoms with Gasteiger partial charge in [-0.05, 0) is 19.3 Å². The number of nitrogens with one attached hydrogen (secondary N) is 2. The quantitative estimate of drug-likeness (QED) is 0.474. The fourth-order valence-corrected chi connectivity index (χ4v) is 4.58. The average Bonchev–Trinajstić information content (AvgIpc) is 2.99. The van der Waals surface area contributed by atoms with Crippen molar-refractivity contribution in [1.29, 1.82) is 0 Å². The van der Waals surface area contributed by atoms with Gasteiger partial charge in [0.2, 0.25) is 5.13 Å². The summed E-state index contributed by atoms with van der Waals surface area (Å²) in [4.78, 5) is 23.2. The monoisotopic (exact) mass is 372 g/mol. The van der Waals surface area contributed by atoms with Crippen molar-refractivity contribution in [2.75, 3.05) is 5.32 Å². The van der Waals surface area contributed by atoms with Crippen LogP contribution in [-0.4, -0.2) is 38.6 Å². The van der Waals surface area contributed by atoms with Crippen LogP contribution in [0, 0.1) is 0 Å². The van der Waals surface area contributed by atoms with Gasteiger partial charge in [-0.2, -0.15) is 0 Å². The minimum absolute atomic E-state index is 0.228. The standard InChI is InChI=1S/C15H24N4O3S2/c1-2-3-9-11(12(20)21)23-15-19-18-14(24-15)17-13(22)16-10-7-5-4-6-8-10/h10-11H,2-9H2,1H3,(H,20,21)(H2,16,17,18,22)/t11-/m1/s1. The number of hydrogen-bond acceptors (Lipinski definition) is 6. The van der Waals surface area contributed by atoms with E-state index in [2.05, 4.69) is 20.8 Å². The van der Waals surface area contributed by atoms with E-state index < -0.39 is 11.2 Å². The number of amides is 2. The third-order valence-corrected chi connectivity index (χ3v) is 6.08. The highest BCUT2D eigenvalue weighted by Crippen LogP contribution is 2.31. The molecule has 0 radical (unpaired) electrons. The maximum Gasteiger partial charge on any atom is 0.321 e. The molecule has 0 aliphatic heterocycles. The Bertz CT molecular complexity index is 547. The first-order valence-electron chi connectivity index (χ1n) is 8.39. The summed E-state index contributed by atoms with van der Waals surface area (Å²) in [5.41, 5.74) is 0. The molecule has 1 saturated carbocycles. The van der Waals surface area contributed by atoms with E-state index in [1.165, 1.54) is 29.5 Å². The van der Waals surface area contributed by atoms with Gasteiger partial charge in [-0.3, -0.25) is 10.1 Å². The normalized spacial score (nSPS) is 16.5. The van der Waals surface area contributed by atoms with Crippen LogP contribution in [0.2, 0.25) is 0 Å². The number of hydrogen-bond donors (Lipinski definition) is 3. The van der Waals surface area contributed by atoms with Crippen molar-refractivity contribution in [1.82, 2.24) is 15.5 Å². The van der Waals surface area contributed by atoms with Crippen molar-refractivity contribution >= 4 is 40.2 Å². The minimum atomic E-state index is -0.840. The lowest BCUT2D eigenvalue weighted by Gasteiger charge is -2.22. The lowest BCUT2D eigenvalue weighted by atomic mass is 9.96. The van der Waals surface area contributed by atoms with E-state index in [-0.39, 0.29) is 12.1 Å². The molecule has 1 aliphatic rings. The number of unbranched alkanes of at least 4 members (excludes halogenated alkanes) is 1. The molecule has 1 fully saturated rings. The third-order valence-electron chi connectivity index (χ3n) is 3.91. The van der Waals surface area contributed by atoms with Gasteiger partial charge in [-0.15, -0.1) is 10.2 Å². The van der Waals surface area contributed by atoms with Crippen LogP contribution in [0.4, 0.5) is 9.93 Å². The number of carbonyl (C=O) groups excluding carboxylic acids is 1. The number of rotatable bonds is 8. The molecule has 1 atom stereocenters. The SMILES string of the molecule is CCCC[C@@H](Sc1nnc(NC(=O)NC2CCCCC2)s1)C(=O)O. The van der Waals surface area contributed by atoms with Gasteiger partial charge in [-0.1, -0.05) is 62.1 Å². The molecular formula is C15H24N4O3S2. The van der Waals surface area contributed by atoms with E-state index in [0.29, 0.717) is 15.9 Å². The first kappa shape index (κ1) is 19.0. The highest BCUT2D eigenvalue weighted by atomic mass is 32.2. The Morgan fingerprint density at radius 3 is 2.75 bits per heavy atom. The van der Waals surface area contributed by atoms with Crippen LogP contribution in [0.5, 0.6) is 0 Å². The number of nitrogens with zero attached hydrogens (tertiary/aromatic N) is 2. The summed E-state index contributed by atoms with van der Waals surface area (Å²) in [6.45, 7) is 2.03. The van der Waals surface area contributed by atoms with E-state index in [1.54, 1.807) is 0 Å². The molecule has 1 aromatic rings. The highest BCUT2D eigenvalue weighted by molar-refractivity contribution is 8.02. The van der Waals surface area contributed by atoms with Gasteiger partial charge in [0.25, 0.3) is 0 Å². The highest BCUT2D eigenvalue weighted by Gasteiger charge is 2.21. The Morgan fingerprint density at radius 2 is 2.08 bits per heavy atom. The van der Waals surface area contributed by atoms with Crippen molar-refractivity contribution in [3.05, 3.63) is 0 Å². The summed E-state index contributed by atoms with van der Waals surface area (Å²) in [5.74, 6) is -0.840. The van der Waals surface area contributed by atoms with Crippen molar-refractivity contribution in [2.24, 2.45) is 0 Å². The van der Waals surface area contributed by atoms with Crippen LogP contribution in [0.1, 0.15) is 58.3 Å². The summed E-state index contributed by atoms with van der Waals surface area (Å²) >= 11 is 2.40. The fraction of sp³-hybridized carbons (Fsp3) is 0.733. The van der Waals surface area contributed by atoms with Gasteiger partial charge < -0.3 is 10.4 Å². The van der Waals surface area contributed by atoms with E-state index in [4.69, 9.17) is 0 Å². The molecule has 2 rings (SSSR count). The molecule has 3 N–H and O–H groups in total. The van der Waals surface area contributed by atoms with E-state index in [1.807, 2.05) is 6.92 Å². The van der Waals surface area contributed by atoms with Crippen molar-refractivity contribution in [3.8, 4) is 0 Å². The maximum atomic E-state index is 12.0. The fourth-order valence-electron chi connectivity index (χ4n) is 2.62. The Kier molecular flexibility index (Phi) is 7.77. The number of urea groups is 1. The molecule has 2 amide bonds. The number of aliphatic carboxylic acids is 1. The van der Waals surface area contributed by atoms with Crippen LogP contribution in [0.15, 0.2) is 4.34 Å². The topological polar surface area (TPSA) is 104 Å². The lowest BCUT2D eigenvalue weighted by molar-refractivity contribution is -0.136. The van der Waals surface area contributed by atoms with E-state index in [0.717, 1.165) is 38.5 Å². The van der Waals surface area contributed by atoms with Gasteiger partial charge in [0.15, 0.2) is 4.34 Å². The maximum absolute atomic E-state index is 12.0. The van der Waals surface area contributed by atoms with E-state index in [9.17, 15) is 14.7 Å². The van der Waals surface area contributed by atoms with Gasteiger partial charge in [-0.25, -0.2) is 4.79 Å². The molecule has 0 spiro atoms. The van der Waals surface area contributed by atoms with Crippen molar-refractivity contribution in [2.45, 2.75) is 73.9 Å². The zero-order valence-electron chi connectivity index (χ0n) is 13.8. The Morgan fingerprint density at radius 1 is 1.33 bits per heavy atom. The van der Waals surface area contributed by atoms with Crippen LogP contribution in [0.3, 0.4) is 0 Å². The predicted octanol–water partition coefficient (Wildman–Crippen LogP) is 3.73. The molecule has 7 nitrogen and oxygen atoms in total. The molecule has 9 heteroatoms. The summed E-state index contributed by atoms with van der Waals surface area (Å²) in [6.07, 6.45) is 7.98. The Hall–Kier alpha value is -1.35. The van der Waals surface area contributed by atoms with Gasteiger partial charge in [0.1, 0.15) is 5.25 Å². The molecule has 134 valence electrons. The molecule has 0 unspecified atom stereocenters. The first-order valence-corrected chi connectivity index (χ1v) is 10.1. The Balaban J connectivity index is 1.82. The smallest absolute Gasteiger partial charge is 0.321 e. The first-order chi connectivity index (χ1) is 11.6. The van der Waals surface area contributed by atoms with Gasteiger partial charge in [0, 0.05) is 6.04 Å². The molecule has 0 aromatic carbocycles. The van der Waals surface area contributed by atoms with Crippen molar-refractivity contribution < 1.29 is 14.7 Å². The second-order valence-electron chi connectivity index (χ2n) is 5.89. The number of carbonyl (C=O) groups is 2. The molecule has 1 aromatic heterocycles. The van der Waals surface area contributed by atoms with Gasteiger partial charge in [0.05, 0.1) is 0 Å². The number of anilines is 1. The number of carboxylic acids is 1. The molecule has 1 aliphatic carbocycles. The van der Waals surface area contributed by atoms with Crippen LogP contribution >= 0.6 is 23.1 Å². The summed E-state index contributed by atoms with van der Waals surface area (Å²) in [6, 6.07) is -0.0404. The number of carboxylic acid groups (broad SMARTS) is 1.